The van der Waals surface area contributed by atoms with E-state index in [9.17, 15) is 0 Å². The molecule has 0 radical (unpaired) electrons. The Labute approximate surface area is 94.2 Å². The Hall–Kier alpha value is -0.800. The lowest BCUT2D eigenvalue weighted by atomic mass is 10.2. The van der Waals surface area contributed by atoms with Crippen molar-refractivity contribution in [3.8, 4) is 5.75 Å². The summed E-state index contributed by atoms with van der Waals surface area (Å²) in [5.41, 5.74) is 0.899. The first-order chi connectivity index (χ1) is 6.69. The van der Waals surface area contributed by atoms with E-state index in [1.54, 1.807) is 13.1 Å². The number of ether oxygens (including phenoxy) is 1. The molecule has 0 bridgehead atoms. The highest BCUT2D eigenvalue weighted by Gasteiger charge is 2.04. The second-order valence-corrected chi connectivity index (χ2v) is 3.47. The van der Waals surface area contributed by atoms with E-state index in [1.165, 1.54) is 0 Å². The molecule has 76 valence electrons. The smallest absolute Gasteiger partial charge is 0.137 e. The van der Waals surface area contributed by atoms with Gasteiger partial charge in [-0.3, -0.25) is 0 Å². The predicted molar refractivity (Wildman–Crippen MR) is 63.4 cm³/mol. The van der Waals surface area contributed by atoms with Gasteiger partial charge >= 0.3 is 0 Å². The molecule has 0 unspecified atom stereocenters. The van der Waals surface area contributed by atoms with Crippen LogP contribution in [0.5, 0.6) is 5.75 Å². The third-order valence-corrected chi connectivity index (χ3v) is 2.46. The van der Waals surface area contributed by atoms with E-state index in [-0.39, 0.29) is 0 Å². The maximum atomic E-state index is 6.00. The highest BCUT2D eigenvalue weighted by atomic mass is 35.5. The molecule has 0 saturated carbocycles. The zero-order valence-electron chi connectivity index (χ0n) is 8.13. The Morgan fingerprint density at radius 3 is 2.79 bits per heavy atom. The highest BCUT2D eigenvalue weighted by Crippen LogP contribution is 2.25. The van der Waals surface area contributed by atoms with E-state index in [4.69, 9.17) is 28.6 Å². The van der Waals surface area contributed by atoms with Crippen LogP contribution >= 0.6 is 23.8 Å². The molecule has 0 fully saturated rings. The Morgan fingerprint density at radius 2 is 2.29 bits per heavy atom. The van der Waals surface area contributed by atoms with Gasteiger partial charge in [-0.2, -0.15) is 0 Å². The van der Waals surface area contributed by atoms with Gasteiger partial charge < -0.3 is 10.1 Å². The summed E-state index contributed by atoms with van der Waals surface area (Å²) in [5.74, 6) is 0.691. The van der Waals surface area contributed by atoms with Crippen molar-refractivity contribution in [1.82, 2.24) is 5.32 Å². The minimum absolute atomic E-state index is 0.585. The Morgan fingerprint density at radius 1 is 1.57 bits per heavy atom. The van der Waals surface area contributed by atoms with Gasteiger partial charge in [0.15, 0.2) is 0 Å². The predicted octanol–water partition coefficient (Wildman–Crippen LogP) is 2.63. The van der Waals surface area contributed by atoms with E-state index in [0.717, 1.165) is 5.56 Å². The van der Waals surface area contributed by atoms with Gasteiger partial charge in [-0.05, 0) is 25.1 Å². The number of benzene rings is 1. The normalized spacial score (nSPS) is 9.64. The van der Waals surface area contributed by atoms with E-state index in [2.05, 4.69) is 5.32 Å². The fourth-order valence-electron chi connectivity index (χ4n) is 1.06. The van der Waals surface area contributed by atoms with Crippen molar-refractivity contribution in [2.24, 2.45) is 0 Å². The van der Waals surface area contributed by atoms with Crippen molar-refractivity contribution in [3.63, 3.8) is 0 Å². The number of rotatable bonds is 3. The van der Waals surface area contributed by atoms with Crippen LogP contribution in [-0.2, 0) is 0 Å². The molecule has 14 heavy (non-hydrogen) atoms. The van der Waals surface area contributed by atoms with Gasteiger partial charge in [0.25, 0.3) is 0 Å². The summed E-state index contributed by atoms with van der Waals surface area (Å²) in [6.45, 7) is 2.53. The molecule has 0 aliphatic heterocycles. The van der Waals surface area contributed by atoms with Gasteiger partial charge in [0.05, 0.1) is 11.6 Å². The van der Waals surface area contributed by atoms with E-state index >= 15 is 0 Å². The summed E-state index contributed by atoms with van der Waals surface area (Å²) in [4.78, 5) is 0.676. The number of nitrogens with one attached hydrogen (secondary N) is 1. The van der Waals surface area contributed by atoms with Gasteiger partial charge in [-0.1, -0.05) is 23.8 Å². The quantitative estimate of drug-likeness (QED) is 0.806. The summed E-state index contributed by atoms with van der Waals surface area (Å²) in [7, 11) is 1.78. The third kappa shape index (κ3) is 2.59. The highest BCUT2D eigenvalue weighted by molar-refractivity contribution is 7.80. The first-order valence-electron chi connectivity index (χ1n) is 4.33. The SMILES string of the molecule is CCOc1ccc(C(=S)NC)cc1Cl. The molecule has 0 aliphatic rings. The molecule has 0 atom stereocenters. The van der Waals surface area contributed by atoms with Crippen molar-refractivity contribution >= 4 is 28.8 Å². The second-order valence-electron chi connectivity index (χ2n) is 2.66. The number of thiocarbonyl (C=S) groups is 1. The molecule has 0 spiro atoms. The molecule has 1 aromatic carbocycles. The topological polar surface area (TPSA) is 21.3 Å². The third-order valence-electron chi connectivity index (χ3n) is 1.72. The molecule has 0 saturated heterocycles. The summed E-state index contributed by atoms with van der Waals surface area (Å²) in [6, 6.07) is 5.51. The lowest BCUT2D eigenvalue weighted by molar-refractivity contribution is 0.340. The molecule has 0 amide bonds. The monoisotopic (exact) mass is 229 g/mol. The Bertz CT molecular complexity index is 341. The minimum atomic E-state index is 0.585. The van der Waals surface area contributed by atoms with Crippen LogP contribution in [0, 0.1) is 0 Å². The Kier molecular flexibility index (Phi) is 4.17. The first-order valence-corrected chi connectivity index (χ1v) is 5.12. The molecular weight excluding hydrogens is 218 g/mol. The lowest BCUT2D eigenvalue weighted by Crippen LogP contribution is -2.16. The van der Waals surface area contributed by atoms with Crippen LogP contribution in [0.25, 0.3) is 0 Å². The van der Waals surface area contributed by atoms with Crippen molar-refractivity contribution in [1.29, 1.82) is 0 Å². The summed E-state index contributed by atoms with van der Waals surface area (Å²) in [6.07, 6.45) is 0. The molecule has 0 aliphatic carbocycles. The molecular formula is C10H12ClNOS. The zero-order chi connectivity index (χ0) is 10.6. The van der Waals surface area contributed by atoms with Crippen molar-refractivity contribution in [2.45, 2.75) is 6.92 Å². The summed E-state index contributed by atoms with van der Waals surface area (Å²) >= 11 is 11.1. The fourth-order valence-corrected chi connectivity index (χ4v) is 1.42. The van der Waals surface area contributed by atoms with Crippen LogP contribution in [0.15, 0.2) is 18.2 Å². The van der Waals surface area contributed by atoms with Crippen molar-refractivity contribution < 1.29 is 4.74 Å². The van der Waals surface area contributed by atoms with Crippen LogP contribution in [0.3, 0.4) is 0 Å². The van der Waals surface area contributed by atoms with Crippen LogP contribution in [0.2, 0.25) is 5.02 Å². The maximum absolute atomic E-state index is 6.00. The number of hydrogen-bond acceptors (Lipinski definition) is 2. The standard InChI is InChI=1S/C10H12ClNOS/c1-3-13-9-5-4-7(6-8(9)11)10(14)12-2/h4-6H,3H2,1-2H3,(H,12,14). The van der Waals surface area contributed by atoms with Gasteiger partial charge in [-0.25, -0.2) is 0 Å². The molecule has 1 aromatic rings. The molecule has 0 aromatic heterocycles. The van der Waals surface area contributed by atoms with Gasteiger partial charge in [0.1, 0.15) is 10.7 Å². The minimum Gasteiger partial charge on any atom is -0.492 e. The number of halogens is 1. The first kappa shape index (κ1) is 11.3. The van der Waals surface area contributed by atoms with E-state index in [0.29, 0.717) is 22.4 Å². The zero-order valence-corrected chi connectivity index (χ0v) is 9.71. The molecule has 2 nitrogen and oxygen atoms in total. The van der Waals surface area contributed by atoms with Gasteiger partial charge in [0, 0.05) is 12.6 Å². The molecule has 1 N–H and O–H groups in total. The van der Waals surface area contributed by atoms with Gasteiger partial charge in [0.2, 0.25) is 0 Å². The average Bonchev–Trinajstić information content (AvgIpc) is 2.20. The van der Waals surface area contributed by atoms with E-state index in [1.807, 2.05) is 19.1 Å². The molecule has 4 heteroatoms. The summed E-state index contributed by atoms with van der Waals surface area (Å²) < 4.78 is 5.31. The fraction of sp³-hybridized carbons (Fsp3) is 0.300. The Balaban J connectivity index is 2.94. The van der Waals surface area contributed by atoms with Crippen LogP contribution in [0.4, 0.5) is 0 Å². The maximum Gasteiger partial charge on any atom is 0.137 e. The number of hydrogen-bond donors (Lipinski definition) is 1. The lowest BCUT2D eigenvalue weighted by Gasteiger charge is -2.08. The van der Waals surface area contributed by atoms with Gasteiger partial charge in [-0.15, -0.1) is 0 Å². The van der Waals surface area contributed by atoms with Crippen LogP contribution in [0.1, 0.15) is 12.5 Å². The van der Waals surface area contributed by atoms with Crippen molar-refractivity contribution in [3.05, 3.63) is 28.8 Å². The average molecular weight is 230 g/mol. The molecule has 0 heterocycles. The van der Waals surface area contributed by atoms with Crippen LogP contribution in [-0.4, -0.2) is 18.6 Å². The second kappa shape index (κ2) is 5.17. The van der Waals surface area contributed by atoms with E-state index < -0.39 is 0 Å². The molecule has 1 rings (SSSR count). The largest absolute Gasteiger partial charge is 0.492 e. The van der Waals surface area contributed by atoms with Crippen LogP contribution < -0.4 is 10.1 Å². The van der Waals surface area contributed by atoms with Crippen molar-refractivity contribution in [2.75, 3.05) is 13.7 Å². The summed E-state index contributed by atoms with van der Waals surface area (Å²) in [5, 5.41) is 3.48.